The lowest BCUT2D eigenvalue weighted by molar-refractivity contribution is 0.0966. The summed E-state index contributed by atoms with van der Waals surface area (Å²) < 4.78 is 25.4. The molecule has 0 N–H and O–H groups in total. The molecular formula is C10H8F2O. The first kappa shape index (κ1) is 8.35. The van der Waals surface area contributed by atoms with Crippen LogP contribution >= 0.6 is 0 Å². The van der Waals surface area contributed by atoms with Crippen molar-refractivity contribution in [3.63, 3.8) is 0 Å². The van der Waals surface area contributed by atoms with Crippen molar-refractivity contribution in [1.29, 1.82) is 0 Å². The standard InChI is InChI=1S/C10H8F2O/c11-8-3-7(4-9(12)5-8)10(13)6-1-2-6/h3-6H,1-2H2. The molecule has 2 rings (SSSR count). The molecule has 1 saturated carbocycles. The summed E-state index contributed by atoms with van der Waals surface area (Å²) in [6, 6.07) is 2.94. The largest absolute Gasteiger partial charge is 0.294 e. The average molecular weight is 182 g/mol. The lowest BCUT2D eigenvalue weighted by Crippen LogP contribution is -2.02. The molecule has 0 spiro atoms. The summed E-state index contributed by atoms with van der Waals surface area (Å²) in [5.41, 5.74) is 0.153. The van der Waals surface area contributed by atoms with Gasteiger partial charge < -0.3 is 0 Å². The van der Waals surface area contributed by atoms with Crippen molar-refractivity contribution in [3.05, 3.63) is 35.4 Å². The molecule has 1 aliphatic rings. The molecule has 0 aliphatic heterocycles. The van der Waals surface area contributed by atoms with Crippen LogP contribution in [0.5, 0.6) is 0 Å². The zero-order chi connectivity index (χ0) is 9.42. The number of hydrogen-bond acceptors (Lipinski definition) is 1. The molecule has 1 aromatic carbocycles. The van der Waals surface area contributed by atoms with Crippen LogP contribution < -0.4 is 0 Å². The Morgan fingerprint density at radius 1 is 1.15 bits per heavy atom. The molecule has 0 bridgehead atoms. The van der Waals surface area contributed by atoms with Crippen LogP contribution in [0.4, 0.5) is 8.78 Å². The highest BCUT2D eigenvalue weighted by molar-refractivity contribution is 5.99. The Labute approximate surface area is 74.4 Å². The fraction of sp³-hybridized carbons (Fsp3) is 0.300. The zero-order valence-electron chi connectivity index (χ0n) is 6.89. The second kappa shape index (κ2) is 2.91. The first-order valence-corrected chi connectivity index (χ1v) is 4.17. The molecule has 1 aliphatic carbocycles. The highest BCUT2D eigenvalue weighted by atomic mass is 19.1. The molecule has 0 saturated heterocycles. The van der Waals surface area contributed by atoms with Crippen LogP contribution in [0.2, 0.25) is 0 Å². The highest BCUT2D eigenvalue weighted by Crippen LogP contribution is 2.32. The fourth-order valence-electron chi connectivity index (χ4n) is 1.28. The van der Waals surface area contributed by atoms with Crippen LogP contribution in [-0.2, 0) is 0 Å². The average Bonchev–Trinajstić information content (AvgIpc) is 2.83. The van der Waals surface area contributed by atoms with Crippen LogP contribution in [0.25, 0.3) is 0 Å². The summed E-state index contributed by atoms with van der Waals surface area (Å²) in [4.78, 5) is 11.4. The summed E-state index contributed by atoms with van der Waals surface area (Å²) in [6.07, 6.45) is 1.69. The van der Waals surface area contributed by atoms with E-state index in [1.807, 2.05) is 0 Å². The lowest BCUT2D eigenvalue weighted by atomic mass is 10.1. The van der Waals surface area contributed by atoms with Gasteiger partial charge in [-0.15, -0.1) is 0 Å². The zero-order valence-corrected chi connectivity index (χ0v) is 6.89. The van der Waals surface area contributed by atoms with Gasteiger partial charge in [0.25, 0.3) is 0 Å². The van der Waals surface area contributed by atoms with Gasteiger partial charge in [0, 0.05) is 17.5 Å². The van der Waals surface area contributed by atoms with Crippen LogP contribution in [0.15, 0.2) is 18.2 Å². The third-order valence-electron chi connectivity index (χ3n) is 2.10. The van der Waals surface area contributed by atoms with Gasteiger partial charge in [0.05, 0.1) is 0 Å². The Kier molecular flexibility index (Phi) is 1.87. The molecule has 1 fully saturated rings. The number of ketones is 1. The molecule has 1 aromatic rings. The normalized spacial score (nSPS) is 15.8. The minimum Gasteiger partial charge on any atom is -0.294 e. The van der Waals surface area contributed by atoms with Crippen LogP contribution in [0, 0.1) is 17.6 Å². The van der Waals surface area contributed by atoms with Gasteiger partial charge in [-0.1, -0.05) is 0 Å². The second-order valence-corrected chi connectivity index (χ2v) is 3.30. The van der Waals surface area contributed by atoms with E-state index in [1.54, 1.807) is 0 Å². The molecule has 0 amide bonds. The Morgan fingerprint density at radius 3 is 2.15 bits per heavy atom. The first-order chi connectivity index (χ1) is 6.16. The van der Waals surface area contributed by atoms with Gasteiger partial charge in [0.2, 0.25) is 0 Å². The highest BCUT2D eigenvalue weighted by Gasteiger charge is 2.30. The van der Waals surface area contributed by atoms with Crippen molar-refractivity contribution >= 4 is 5.78 Å². The molecule has 0 aromatic heterocycles. The van der Waals surface area contributed by atoms with E-state index in [0.717, 1.165) is 31.0 Å². The van der Waals surface area contributed by atoms with Gasteiger partial charge in [-0.2, -0.15) is 0 Å². The second-order valence-electron chi connectivity index (χ2n) is 3.30. The minimum atomic E-state index is -0.691. The third-order valence-corrected chi connectivity index (χ3v) is 2.10. The van der Waals surface area contributed by atoms with Gasteiger partial charge in [-0.3, -0.25) is 4.79 Å². The Hall–Kier alpha value is -1.25. The molecule has 0 heterocycles. The topological polar surface area (TPSA) is 17.1 Å². The number of carbonyl (C=O) groups is 1. The van der Waals surface area contributed by atoms with E-state index in [0.29, 0.717) is 0 Å². The predicted molar refractivity (Wildman–Crippen MR) is 43.4 cm³/mol. The summed E-state index contributed by atoms with van der Waals surface area (Å²) in [5.74, 6) is -1.52. The SMILES string of the molecule is O=C(c1cc(F)cc(F)c1)C1CC1. The van der Waals surface area contributed by atoms with Gasteiger partial charge in [0.15, 0.2) is 5.78 Å². The van der Waals surface area contributed by atoms with E-state index in [-0.39, 0.29) is 17.3 Å². The van der Waals surface area contributed by atoms with Crippen LogP contribution in [-0.4, -0.2) is 5.78 Å². The number of Topliss-reactive ketones (excluding diaryl/α,β-unsaturated/α-hetero) is 1. The minimum absolute atomic E-state index is 0.00111. The number of hydrogen-bond donors (Lipinski definition) is 0. The van der Waals surface area contributed by atoms with E-state index in [1.165, 1.54) is 0 Å². The number of benzene rings is 1. The van der Waals surface area contributed by atoms with Gasteiger partial charge >= 0.3 is 0 Å². The van der Waals surface area contributed by atoms with Crippen molar-refractivity contribution < 1.29 is 13.6 Å². The van der Waals surface area contributed by atoms with Crippen molar-refractivity contribution in [3.8, 4) is 0 Å². The predicted octanol–water partition coefficient (Wildman–Crippen LogP) is 2.56. The van der Waals surface area contributed by atoms with E-state index in [2.05, 4.69) is 0 Å². The maximum absolute atomic E-state index is 12.7. The summed E-state index contributed by atoms with van der Waals surface area (Å²) in [6.45, 7) is 0. The van der Waals surface area contributed by atoms with Crippen molar-refractivity contribution in [2.75, 3.05) is 0 Å². The van der Waals surface area contributed by atoms with E-state index >= 15 is 0 Å². The molecular weight excluding hydrogens is 174 g/mol. The van der Waals surface area contributed by atoms with Crippen molar-refractivity contribution in [2.24, 2.45) is 5.92 Å². The molecule has 0 radical (unpaired) electrons. The van der Waals surface area contributed by atoms with E-state index < -0.39 is 11.6 Å². The quantitative estimate of drug-likeness (QED) is 0.642. The Morgan fingerprint density at radius 2 is 1.69 bits per heavy atom. The van der Waals surface area contributed by atoms with Gasteiger partial charge in [0.1, 0.15) is 11.6 Å². The van der Waals surface area contributed by atoms with Gasteiger partial charge in [-0.05, 0) is 25.0 Å². The van der Waals surface area contributed by atoms with Crippen LogP contribution in [0.3, 0.4) is 0 Å². The summed E-state index contributed by atoms with van der Waals surface area (Å²) >= 11 is 0. The summed E-state index contributed by atoms with van der Waals surface area (Å²) in [5, 5.41) is 0. The van der Waals surface area contributed by atoms with Crippen molar-refractivity contribution in [1.82, 2.24) is 0 Å². The maximum Gasteiger partial charge on any atom is 0.166 e. The molecule has 68 valence electrons. The van der Waals surface area contributed by atoms with Crippen molar-refractivity contribution in [2.45, 2.75) is 12.8 Å². The molecule has 0 atom stereocenters. The van der Waals surface area contributed by atoms with E-state index in [4.69, 9.17) is 0 Å². The number of halogens is 2. The Bertz CT molecular complexity index is 336. The van der Waals surface area contributed by atoms with Crippen LogP contribution in [0.1, 0.15) is 23.2 Å². The molecule has 13 heavy (non-hydrogen) atoms. The Balaban J connectivity index is 2.33. The molecule has 1 nitrogen and oxygen atoms in total. The number of carbonyl (C=O) groups excluding carboxylic acids is 1. The fourth-order valence-corrected chi connectivity index (χ4v) is 1.28. The lowest BCUT2D eigenvalue weighted by Gasteiger charge is -1.98. The first-order valence-electron chi connectivity index (χ1n) is 4.17. The van der Waals surface area contributed by atoms with E-state index in [9.17, 15) is 13.6 Å². The maximum atomic E-state index is 12.7. The molecule has 3 heteroatoms. The number of rotatable bonds is 2. The monoisotopic (exact) mass is 182 g/mol. The molecule has 0 unspecified atom stereocenters. The summed E-state index contributed by atoms with van der Waals surface area (Å²) in [7, 11) is 0. The van der Waals surface area contributed by atoms with Gasteiger partial charge in [-0.25, -0.2) is 8.78 Å². The smallest absolute Gasteiger partial charge is 0.166 e. The third kappa shape index (κ3) is 1.74.